The van der Waals surface area contributed by atoms with Gasteiger partial charge in [-0.25, -0.2) is 0 Å². The summed E-state index contributed by atoms with van der Waals surface area (Å²) in [5.41, 5.74) is 1.35. The normalized spacial score (nSPS) is 50.7. The first kappa shape index (κ1) is 13.0. The molecule has 2 aliphatic carbocycles. The Morgan fingerprint density at radius 2 is 1.78 bits per heavy atom. The van der Waals surface area contributed by atoms with Gasteiger partial charge in [-0.05, 0) is 61.2 Å². The number of hydrogen-bond donors (Lipinski definition) is 0. The fraction of sp³-hybridized carbons (Fsp3) is 1.00. The van der Waals surface area contributed by atoms with Crippen molar-refractivity contribution in [2.24, 2.45) is 22.7 Å². The van der Waals surface area contributed by atoms with E-state index in [1.54, 1.807) is 0 Å². The van der Waals surface area contributed by atoms with Crippen LogP contribution in [0.1, 0.15) is 72.6 Å². The molecule has 3 fully saturated rings. The van der Waals surface area contributed by atoms with E-state index in [9.17, 15) is 0 Å². The highest BCUT2D eigenvalue weighted by Gasteiger charge is 2.61. The van der Waals surface area contributed by atoms with Crippen molar-refractivity contribution < 1.29 is 4.74 Å². The smallest absolute Gasteiger partial charge is 0.0714 e. The molecule has 0 bridgehead atoms. The highest BCUT2D eigenvalue weighted by molar-refractivity contribution is 5.10. The summed E-state index contributed by atoms with van der Waals surface area (Å²) in [4.78, 5) is 0. The average Bonchev–Trinajstić information content (AvgIpc) is 2.73. The van der Waals surface area contributed by atoms with Gasteiger partial charge >= 0.3 is 0 Å². The minimum Gasteiger partial charge on any atom is -0.375 e. The third-order valence-corrected chi connectivity index (χ3v) is 6.96. The molecule has 0 aromatic heterocycles. The molecule has 1 aliphatic heterocycles. The van der Waals surface area contributed by atoms with Crippen molar-refractivity contribution in [1.82, 2.24) is 0 Å². The Kier molecular flexibility index (Phi) is 2.86. The van der Waals surface area contributed by atoms with E-state index in [0.29, 0.717) is 10.8 Å². The van der Waals surface area contributed by atoms with Gasteiger partial charge in [0.2, 0.25) is 0 Å². The van der Waals surface area contributed by atoms with Crippen LogP contribution < -0.4 is 0 Å². The highest BCUT2D eigenvalue weighted by atomic mass is 16.5. The maximum atomic E-state index is 6.28. The Balaban J connectivity index is 1.98. The van der Waals surface area contributed by atoms with E-state index >= 15 is 0 Å². The summed E-state index contributed by atoms with van der Waals surface area (Å²) < 4.78 is 6.28. The quantitative estimate of drug-likeness (QED) is 0.649. The topological polar surface area (TPSA) is 9.23 Å². The minimum atomic E-state index is 0.249. The molecule has 0 amide bonds. The molecule has 1 saturated heterocycles. The first-order chi connectivity index (χ1) is 8.45. The highest BCUT2D eigenvalue weighted by Crippen LogP contribution is 2.65. The van der Waals surface area contributed by atoms with Crippen LogP contribution in [-0.4, -0.2) is 12.2 Å². The number of ether oxygens (including phenoxy) is 1. The van der Waals surface area contributed by atoms with E-state index in [4.69, 9.17) is 4.74 Å². The van der Waals surface area contributed by atoms with E-state index in [1.807, 2.05) is 0 Å². The molecule has 4 unspecified atom stereocenters. The summed E-state index contributed by atoms with van der Waals surface area (Å²) in [6.45, 7) is 11.0. The molecule has 0 radical (unpaired) electrons. The zero-order valence-electron chi connectivity index (χ0n) is 12.7. The molecular formula is C17H30O. The second-order valence-electron chi connectivity index (χ2n) is 8.05. The lowest BCUT2D eigenvalue weighted by molar-refractivity contribution is -0.156. The van der Waals surface area contributed by atoms with Gasteiger partial charge in [0, 0.05) is 6.61 Å². The molecule has 4 atom stereocenters. The van der Waals surface area contributed by atoms with Crippen LogP contribution in [0.3, 0.4) is 0 Å². The average molecular weight is 250 g/mol. The predicted octanol–water partition coefficient (Wildman–Crippen LogP) is 4.80. The standard InChI is InChI=1S/C17H30O/c1-5-17-11-7-13-15(2,3)9-6-10-16(13,4)14(17)8-12-18-17/h13-14H,5-12H2,1-4H3. The zero-order chi connectivity index (χ0) is 13.0. The zero-order valence-corrected chi connectivity index (χ0v) is 12.7. The van der Waals surface area contributed by atoms with E-state index in [0.717, 1.165) is 18.4 Å². The van der Waals surface area contributed by atoms with Gasteiger partial charge in [0.15, 0.2) is 0 Å². The number of hydrogen-bond acceptors (Lipinski definition) is 1. The summed E-state index contributed by atoms with van der Waals surface area (Å²) in [7, 11) is 0. The van der Waals surface area contributed by atoms with Crippen LogP contribution in [0.25, 0.3) is 0 Å². The molecule has 104 valence electrons. The first-order valence-corrected chi connectivity index (χ1v) is 8.09. The molecule has 0 aromatic rings. The molecule has 0 spiro atoms. The van der Waals surface area contributed by atoms with Gasteiger partial charge in [-0.15, -0.1) is 0 Å². The Hall–Kier alpha value is -0.0400. The Bertz CT molecular complexity index is 335. The van der Waals surface area contributed by atoms with Crippen LogP contribution in [0.5, 0.6) is 0 Å². The molecule has 0 aromatic carbocycles. The largest absolute Gasteiger partial charge is 0.375 e. The van der Waals surface area contributed by atoms with Crippen LogP contribution in [0.4, 0.5) is 0 Å². The summed E-state index contributed by atoms with van der Waals surface area (Å²) in [6.07, 6.45) is 9.55. The molecule has 1 nitrogen and oxygen atoms in total. The van der Waals surface area contributed by atoms with Gasteiger partial charge in [-0.1, -0.05) is 34.1 Å². The van der Waals surface area contributed by atoms with Gasteiger partial charge in [0.1, 0.15) is 0 Å². The van der Waals surface area contributed by atoms with E-state index in [-0.39, 0.29) is 5.60 Å². The van der Waals surface area contributed by atoms with E-state index in [1.165, 1.54) is 44.9 Å². The predicted molar refractivity (Wildman–Crippen MR) is 75.5 cm³/mol. The van der Waals surface area contributed by atoms with Crippen molar-refractivity contribution in [1.29, 1.82) is 0 Å². The third kappa shape index (κ3) is 1.55. The first-order valence-electron chi connectivity index (χ1n) is 8.09. The van der Waals surface area contributed by atoms with Crippen molar-refractivity contribution in [2.75, 3.05) is 6.61 Å². The molecular weight excluding hydrogens is 220 g/mol. The summed E-state index contributed by atoms with van der Waals surface area (Å²) >= 11 is 0. The van der Waals surface area contributed by atoms with Crippen LogP contribution in [0.2, 0.25) is 0 Å². The Morgan fingerprint density at radius 3 is 2.50 bits per heavy atom. The van der Waals surface area contributed by atoms with Crippen LogP contribution in [-0.2, 0) is 4.74 Å². The molecule has 3 aliphatic rings. The van der Waals surface area contributed by atoms with Crippen molar-refractivity contribution in [3.63, 3.8) is 0 Å². The molecule has 0 N–H and O–H groups in total. The Labute approximate surface area is 113 Å². The van der Waals surface area contributed by atoms with Crippen LogP contribution in [0.15, 0.2) is 0 Å². The fourth-order valence-corrected chi connectivity index (χ4v) is 6.14. The SMILES string of the molecule is CCC12CCC3C(C)(C)CCCC3(C)C1CCO2. The van der Waals surface area contributed by atoms with Crippen LogP contribution in [0, 0.1) is 22.7 Å². The maximum absolute atomic E-state index is 6.28. The maximum Gasteiger partial charge on any atom is 0.0714 e. The lowest BCUT2D eigenvalue weighted by Gasteiger charge is -2.60. The van der Waals surface area contributed by atoms with E-state index < -0.39 is 0 Å². The number of rotatable bonds is 1. The molecule has 1 heteroatoms. The third-order valence-electron chi connectivity index (χ3n) is 6.96. The van der Waals surface area contributed by atoms with Gasteiger partial charge in [-0.3, -0.25) is 0 Å². The van der Waals surface area contributed by atoms with Gasteiger partial charge in [-0.2, -0.15) is 0 Å². The van der Waals surface area contributed by atoms with Crippen molar-refractivity contribution >= 4 is 0 Å². The van der Waals surface area contributed by atoms with Crippen LogP contribution >= 0.6 is 0 Å². The lowest BCUT2D eigenvalue weighted by Crippen LogP contribution is -2.56. The van der Waals surface area contributed by atoms with Gasteiger partial charge in [0.05, 0.1) is 5.60 Å². The lowest BCUT2D eigenvalue weighted by atomic mass is 9.45. The minimum absolute atomic E-state index is 0.249. The van der Waals surface area contributed by atoms with Gasteiger partial charge in [0.25, 0.3) is 0 Å². The monoisotopic (exact) mass is 250 g/mol. The molecule has 3 rings (SSSR count). The summed E-state index contributed by atoms with van der Waals surface area (Å²) in [6, 6.07) is 0. The summed E-state index contributed by atoms with van der Waals surface area (Å²) in [5, 5.41) is 0. The molecule has 1 heterocycles. The van der Waals surface area contributed by atoms with Gasteiger partial charge < -0.3 is 4.74 Å². The van der Waals surface area contributed by atoms with Crippen molar-refractivity contribution in [3.8, 4) is 0 Å². The van der Waals surface area contributed by atoms with Crippen molar-refractivity contribution in [2.45, 2.75) is 78.2 Å². The number of fused-ring (bicyclic) bond motifs is 3. The fourth-order valence-electron chi connectivity index (χ4n) is 6.14. The second-order valence-corrected chi connectivity index (χ2v) is 8.05. The second kappa shape index (κ2) is 3.98. The Morgan fingerprint density at radius 1 is 1.00 bits per heavy atom. The summed E-state index contributed by atoms with van der Waals surface area (Å²) in [5.74, 6) is 1.75. The van der Waals surface area contributed by atoms with E-state index in [2.05, 4.69) is 27.7 Å². The molecule has 18 heavy (non-hydrogen) atoms. The molecule has 2 saturated carbocycles. The van der Waals surface area contributed by atoms with Crippen molar-refractivity contribution in [3.05, 3.63) is 0 Å².